The van der Waals surface area contributed by atoms with E-state index < -0.39 is 0 Å². The molecule has 0 bridgehead atoms. The molecule has 1 aromatic carbocycles. The van der Waals surface area contributed by atoms with E-state index in [0.29, 0.717) is 23.3 Å². The zero-order valence-electron chi connectivity index (χ0n) is 37.1. The van der Waals surface area contributed by atoms with Crippen molar-refractivity contribution in [2.45, 2.75) is 143 Å². The van der Waals surface area contributed by atoms with Crippen molar-refractivity contribution in [3.8, 4) is 0 Å². The summed E-state index contributed by atoms with van der Waals surface area (Å²) in [6, 6.07) is 13.5. The second-order valence-electron chi connectivity index (χ2n) is 16.0. The van der Waals surface area contributed by atoms with Crippen LogP contribution in [0.2, 0.25) is 0 Å². The minimum Gasteiger partial charge on any atom is -0.373 e. The number of hydrogen-bond acceptors (Lipinski definition) is 8. The predicted molar refractivity (Wildman–Crippen MR) is 236 cm³/mol. The SMILES string of the molecule is CC.CCN1CCCC1.CNc1nc(N(Cc2ccc(C(C)C)cc2)C2CCCCCC2)ccc1C(=N)C(=O)NC1CCN(CCN2CCCCC2)CC1.[CH3-].[K+]. The molecule has 2 aromatic rings. The Morgan fingerprint density at radius 1 is 0.786 bits per heavy atom. The van der Waals surface area contributed by atoms with Crippen molar-refractivity contribution in [3.05, 3.63) is 60.5 Å². The molecule has 1 amide bonds. The molecular formula is C46H79KN8O. The van der Waals surface area contributed by atoms with Crippen LogP contribution in [-0.4, -0.2) is 109 Å². The fourth-order valence-corrected chi connectivity index (χ4v) is 8.42. The van der Waals surface area contributed by atoms with Gasteiger partial charge in [-0.05, 0) is 113 Å². The second kappa shape index (κ2) is 28.2. The van der Waals surface area contributed by atoms with E-state index >= 15 is 0 Å². The van der Waals surface area contributed by atoms with E-state index in [1.807, 2.05) is 33.0 Å². The van der Waals surface area contributed by atoms with Crippen LogP contribution >= 0.6 is 0 Å². The van der Waals surface area contributed by atoms with Gasteiger partial charge in [-0.15, -0.1) is 0 Å². The first-order valence-corrected chi connectivity index (χ1v) is 22.0. The maximum atomic E-state index is 13.3. The van der Waals surface area contributed by atoms with Crippen LogP contribution < -0.4 is 66.9 Å². The van der Waals surface area contributed by atoms with Gasteiger partial charge in [-0.25, -0.2) is 4.98 Å². The molecule has 6 rings (SSSR count). The molecule has 4 aliphatic rings. The Morgan fingerprint density at radius 3 is 1.86 bits per heavy atom. The number of carbonyl (C=O) groups is 1. The van der Waals surface area contributed by atoms with E-state index in [2.05, 4.69) is 75.3 Å². The number of nitrogens with one attached hydrogen (secondary N) is 3. The molecule has 3 saturated heterocycles. The monoisotopic (exact) mass is 799 g/mol. The van der Waals surface area contributed by atoms with E-state index in [-0.39, 0.29) is 76.5 Å². The van der Waals surface area contributed by atoms with Crippen LogP contribution in [0.5, 0.6) is 0 Å². The van der Waals surface area contributed by atoms with Crippen LogP contribution in [0.1, 0.15) is 141 Å². The van der Waals surface area contributed by atoms with Gasteiger partial charge in [0, 0.05) is 57.4 Å². The third-order valence-corrected chi connectivity index (χ3v) is 11.9. The molecule has 1 aromatic heterocycles. The molecule has 0 spiro atoms. The normalized spacial score (nSPS) is 18.6. The first-order valence-electron chi connectivity index (χ1n) is 22.0. The molecule has 9 nitrogen and oxygen atoms in total. The molecule has 0 atom stereocenters. The number of piperidine rings is 2. The molecule has 4 fully saturated rings. The summed E-state index contributed by atoms with van der Waals surface area (Å²) in [6.45, 7) is 22.2. The van der Waals surface area contributed by atoms with Crippen LogP contribution in [0.3, 0.4) is 0 Å². The van der Waals surface area contributed by atoms with E-state index in [4.69, 9.17) is 10.4 Å². The first-order chi connectivity index (χ1) is 26.3. The van der Waals surface area contributed by atoms with E-state index in [9.17, 15) is 4.79 Å². The molecular weight excluding hydrogens is 720 g/mol. The van der Waals surface area contributed by atoms with Gasteiger partial charge in [0.1, 0.15) is 17.3 Å². The van der Waals surface area contributed by atoms with Gasteiger partial charge in [-0.2, -0.15) is 0 Å². The maximum Gasteiger partial charge on any atom is 1.00 e. The number of likely N-dealkylation sites (tertiary alicyclic amines) is 3. The van der Waals surface area contributed by atoms with E-state index in [1.165, 1.54) is 102 Å². The first kappa shape index (κ1) is 50.8. The van der Waals surface area contributed by atoms with Crippen molar-refractivity contribution < 1.29 is 56.2 Å². The molecule has 10 heteroatoms. The quantitative estimate of drug-likeness (QED) is 0.0994. The van der Waals surface area contributed by atoms with Crippen molar-refractivity contribution in [2.75, 3.05) is 76.2 Å². The van der Waals surface area contributed by atoms with Crippen LogP contribution in [-0.2, 0) is 11.3 Å². The summed E-state index contributed by atoms with van der Waals surface area (Å²) in [5, 5.41) is 15.2. The summed E-state index contributed by atoms with van der Waals surface area (Å²) < 4.78 is 0. The van der Waals surface area contributed by atoms with Gasteiger partial charge in [0.05, 0.1) is 0 Å². The van der Waals surface area contributed by atoms with Crippen LogP contribution in [0.15, 0.2) is 36.4 Å². The van der Waals surface area contributed by atoms with Crippen LogP contribution in [0.4, 0.5) is 11.6 Å². The zero-order valence-corrected chi connectivity index (χ0v) is 40.2. The average Bonchev–Trinajstić information content (AvgIpc) is 3.62. The topological polar surface area (TPSA) is 90.8 Å². The van der Waals surface area contributed by atoms with Crippen molar-refractivity contribution in [2.24, 2.45) is 0 Å². The average molecular weight is 799 g/mol. The number of benzene rings is 1. The Morgan fingerprint density at radius 2 is 1.32 bits per heavy atom. The van der Waals surface area contributed by atoms with Gasteiger partial charge >= 0.3 is 51.4 Å². The number of nitrogens with zero attached hydrogens (tertiary/aromatic N) is 5. The number of anilines is 2. The third kappa shape index (κ3) is 16.3. The molecule has 3 N–H and O–H groups in total. The van der Waals surface area contributed by atoms with Crippen LogP contribution in [0, 0.1) is 12.8 Å². The summed E-state index contributed by atoms with van der Waals surface area (Å²) in [6.07, 6.45) is 16.2. The summed E-state index contributed by atoms with van der Waals surface area (Å²) >= 11 is 0. The predicted octanol–water partition coefficient (Wildman–Crippen LogP) is 5.99. The second-order valence-corrected chi connectivity index (χ2v) is 16.0. The number of hydrogen-bond donors (Lipinski definition) is 3. The van der Waals surface area contributed by atoms with E-state index in [1.54, 1.807) is 0 Å². The Hall–Kier alpha value is -1.37. The molecule has 0 unspecified atom stereocenters. The summed E-state index contributed by atoms with van der Waals surface area (Å²) in [7, 11) is 1.83. The smallest absolute Gasteiger partial charge is 0.373 e. The van der Waals surface area contributed by atoms with Gasteiger partial charge in [0.2, 0.25) is 0 Å². The van der Waals surface area contributed by atoms with Gasteiger partial charge < -0.3 is 37.7 Å². The van der Waals surface area contributed by atoms with Crippen molar-refractivity contribution >= 4 is 23.3 Å². The third-order valence-electron chi connectivity index (χ3n) is 11.9. The summed E-state index contributed by atoms with van der Waals surface area (Å²) in [5.41, 5.74) is 3.18. The zero-order chi connectivity index (χ0) is 38.7. The van der Waals surface area contributed by atoms with Gasteiger partial charge in [-0.3, -0.25) is 10.2 Å². The number of carbonyl (C=O) groups excluding carboxylic acids is 1. The van der Waals surface area contributed by atoms with Gasteiger partial charge in [0.15, 0.2) is 0 Å². The Labute approximate surface area is 385 Å². The van der Waals surface area contributed by atoms with E-state index in [0.717, 1.165) is 64.2 Å². The number of rotatable bonds is 13. The van der Waals surface area contributed by atoms with Crippen molar-refractivity contribution in [1.29, 1.82) is 5.41 Å². The van der Waals surface area contributed by atoms with Crippen molar-refractivity contribution in [3.63, 3.8) is 0 Å². The summed E-state index contributed by atoms with van der Waals surface area (Å²) in [5.74, 6) is 1.71. The Kier molecular flexibility index (Phi) is 25.5. The fourth-order valence-electron chi connectivity index (χ4n) is 8.42. The van der Waals surface area contributed by atoms with Crippen molar-refractivity contribution in [1.82, 2.24) is 25.0 Å². The number of aromatic nitrogens is 1. The number of amides is 1. The fraction of sp³-hybridized carbons (Fsp3) is 0.696. The summed E-state index contributed by atoms with van der Waals surface area (Å²) in [4.78, 5) is 28.4. The molecule has 1 saturated carbocycles. The Bertz CT molecular complexity index is 1360. The molecule has 3 aliphatic heterocycles. The molecule has 310 valence electrons. The minimum absolute atomic E-state index is 0. The van der Waals surface area contributed by atoms with Crippen LogP contribution in [0.25, 0.3) is 0 Å². The van der Waals surface area contributed by atoms with Gasteiger partial charge in [0.25, 0.3) is 5.91 Å². The molecule has 4 heterocycles. The largest absolute Gasteiger partial charge is 1.00 e. The standard InChI is InChI=1S/C37H57N7O.C6H13N.C2H6.CH3.K/c1-28(2)30-15-13-29(14-16-30)27-44(32-11-7-4-5-8-12-32)34-18-17-33(36(39-3)41-34)35(38)37(45)40-31-19-23-43(24-20-31)26-25-42-21-9-6-10-22-42;1-2-7-5-3-4-6-7;1-2;;/h13-18,28,31-32,38H,4-12,19-27H2,1-3H3,(H,39,41)(H,40,45);2-6H2,1H3;1-2H3;1H3;/q;;;-1;+1. The maximum absolute atomic E-state index is 13.3. The minimum atomic E-state index is -0.307. The van der Waals surface area contributed by atoms with Gasteiger partial charge in [-0.1, -0.05) is 91.0 Å². The molecule has 0 radical (unpaired) electrons. The number of pyridine rings is 1. The molecule has 56 heavy (non-hydrogen) atoms. The molecule has 1 aliphatic carbocycles. The Balaban J connectivity index is 0.000000877.